The highest BCUT2D eigenvalue weighted by Gasteiger charge is 2.29. The van der Waals surface area contributed by atoms with Crippen LogP contribution in [0, 0.1) is 0 Å². The Morgan fingerprint density at radius 3 is 2.26 bits per heavy atom. The Balaban J connectivity index is 1.21. The Labute approximate surface area is 204 Å². The molecule has 0 atom stereocenters. The molecule has 5 rings (SSSR count). The Morgan fingerprint density at radius 2 is 1.63 bits per heavy atom. The molecule has 2 saturated heterocycles. The molecule has 1 aromatic heterocycles. The first-order chi connectivity index (χ1) is 17.0. The van der Waals surface area contributed by atoms with E-state index in [2.05, 4.69) is 10.1 Å². The first-order valence-corrected chi connectivity index (χ1v) is 13.3. The smallest absolute Gasteiger partial charge is 0.257 e. The summed E-state index contributed by atoms with van der Waals surface area (Å²) >= 11 is 0. The molecule has 0 spiro atoms. The van der Waals surface area contributed by atoms with Gasteiger partial charge in [0.1, 0.15) is 5.75 Å². The number of sulfonamides is 1. The molecule has 0 saturated carbocycles. The third-order valence-electron chi connectivity index (χ3n) is 6.73. The molecule has 0 aliphatic carbocycles. The van der Waals surface area contributed by atoms with Crippen molar-refractivity contribution in [2.45, 2.75) is 36.5 Å². The number of carbonyl (C=O) groups excluding carboxylic acids is 1. The molecule has 3 aromatic rings. The number of hydrogen-bond donors (Lipinski definition) is 0. The van der Waals surface area contributed by atoms with Crippen LogP contribution in [-0.4, -0.2) is 67.0 Å². The molecule has 1 amide bonds. The molecule has 184 valence electrons. The number of benzene rings is 2. The van der Waals surface area contributed by atoms with E-state index in [1.807, 2.05) is 4.90 Å². The van der Waals surface area contributed by atoms with Crippen molar-refractivity contribution in [3.8, 4) is 17.2 Å². The van der Waals surface area contributed by atoms with Crippen LogP contribution in [0.4, 0.5) is 0 Å². The van der Waals surface area contributed by atoms with E-state index >= 15 is 0 Å². The Morgan fingerprint density at radius 1 is 0.971 bits per heavy atom. The summed E-state index contributed by atoms with van der Waals surface area (Å²) in [5.41, 5.74) is 1.32. The van der Waals surface area contributed by atoms with Gasteiger partial charge in [-0.05, 0) is 74.2 Å². The average Bonchev–Trinajstić information content (AvgIpc) is 3.62. The van der Waals surface area contributed by atoms with Gasteiger partial charge < -0.3 is 14.2 Å². The lowest BCUT2D eigenvalue weighted by Crippen LogP contribution is -2.38. The zero-order valence-electron chi connectivity index (χ0n) is 19.6. The second-order valence-electron chi connectivity index (χ2n) is 8.89. The minimum atomic E-state index is -3.46. The van der Waals surface area contributed by atoms with Gasteiger partial charge in [0.2, 0.25) is 10.0 Å². The van der Waals surface area contributed by atoms with E-state index in [-0.39, 0.29) is 16.7 Å². The number of hydrogen-bond acceptors (Lipinski definition) is 7. The fourth-order valence-corrected chi connectivity index (χ4v) is 6.14. The fraction of sp³-hybridized carbons (Fsp3) is 0.400. The van der Waals surface area contributed by atoms with Gasteiger partial charge in [-0.3, -0.25) is 4.79 Å². The molecule has 0 unspecified atom stereocenters. The molecular formula is C25H28N4O5S. The van der Waals surface area contributed by atoms with Crippen molar-refractivity contribution in [1.29, 1.82) is 0 Å². The highest BCUT2D eigenvalue weighted by atomic mass is 32.2. The van der Waals surface area contributed by atoms with Gasteiger partial charge in [-0.15, -0.1) is 0 Å². The van der Waals surface area contributed by atoms with Crippen molar-refractivity contribution in [2.24, 2.45) is 0 Å². The van der Waals surface area contributed by atoms with E-state index in [1.165, 1.54) is 4.31 Å². The first-order valence-electron chi connectivity index (χ1n) is 11.8. The predicted octanol–water partition coefficient (Wildman–Crippen LogP) is 3.55. The van der Waals surface area contributed by atoms with Crippen molar-refractivity contribution in [2.75, 3.05) is 33.3 Å². The fourth-order valence-electron chi connectivity index (χ4n) is 4.62. The van der Waals surface area contributed by atoms with Crippen LogP contribution in [0.2, 0.25) is 0 Å². The van der Waals surface area contributed by atoms with E-state index in [9.17, 15) is 13.2 Å². The number of ether oxygens (including phenoxy) is 1. The molecule has 3 heterocycles. The van der Waals surface area contributed by atoms with Crippen LogP contribution < -0.4 is 4.74 Å². The molecular weight excluding hydrogens is 468 g/mol. The topological polar surface area (TPSA) is 106 Å². The number of likely N-dealkylation sites (tertiary alicyclic amines) is 1. The molecule has 9 nitrogen and oxygen atoms in total. The summed E-state index contributed by atoms with van der Waals surface area (Å²) in [5.74, 6) is 1.80. The quantitative estimate of drug-likeness (QED) is 0.514. The number of methoxy groups -OCH3 is 1. The largest absolute Gasteiger partial charge is 0.497 e. The van der Waals surface area contributed by atoms with Crippen LogP contribution in [-0.2, 0) is 10.0 Å². The highest BCUT2D eigenvalue weighted by molar-refractivity contribution is 7.89. The van der Waals surface area contributed by atoms with Gasteiger partial charge in [-0.25, -0.2) is 8.42 Å². The lowest BCUT2D eigenvalue weighted by Gasteiger charge is -2.30. The normalized spacial score (nSPS) is 17.6. The third-order valence-corrected chi connectivity index (χ3v) is 8.64. The molecule has 0 radical (unpaired) electrons. The standard InChI is InChI=1S/C25H28N4O5S/c1-33-21-8-4-20(5-9-21)25(30)28-16-12-18(13-17-28)23-26-24(34-27-23)19-6-10-22(11-7-19)35(31,32)29-14-2-3-15-29/h4-11,18H,2-3,12-17H2,1H3. The summed E-state index contributed by atoms with van der Waals surface area (Å²) in [6.07, 6.45) is 3.29. The summed E-state index contributed by atoms with van der Waals surface area (Å²) in [5, 5.41) is 4.17. The summed E-state index contributed by atoms with van der Waals surface area (Å²) in [4.78, 5) is 19.5. The molecule has 35 heavy (non-hydrogen) atoms. The zero-order valence-corrected chi connectivity index (χ0v) is 20.4. The minimum Gasteiger partial charge on any atom is -0.497 e. The predicted molar refractivity (Wildman–Crippen MR) is 129 cm³/mol. The van der Waals surface area contributed by atoms with E-state index in [0.29, 0.717) is 49.0 Å². The van der Waals surface area contributed by atoms with Gasteiger partial charge in [0, 0.05) is 43.2 Å². The molecule has 2 aromatic carbocycles. The SMILES string of the molecule is COc1ccc(C(=O)N2CCC(c3noc(-c4ccc(S(=O)(=O)N5CCCC5)cc4)n3)CC2)cc1. The van der Waals surface area contributed by atoms with Gasteiger partial charge in [0.05, 0.1) is 12.0 Å². The molecule has 2 aliphatic heterocycles. The number of piperidine rings is 1. The van der Waals surface area contributed by atoms with Gasteiger partial charge in [0.15, 0.2) is 5.82 Å². The van der Waals surface area contributed by atoms with Crippen LogP contribution in [0.25, 0.3) is 11.5 Å². The molecule has 2 aliphatic rings. The first kappa shape index (κ1) is 23.5. The van der Waals surface area contributed by atoms with Gasteiger partial charge in [0.25, 0.3) is 11.8 Å². The third kappa shape index (κ3) is 4.81. The number of amides is 1. The summed E-state index contributed by atoms with van der Waals surface area (Å²) in [7, 11) is -1.86. The molecule has 0 bridgehead atoms. The van der Waals surface area contributed by atoms with Crippen molar-refractivity contribution >= 4 is 15.9 Å². The zero-order chi connectivity index (χ0) is 24.4. The Kier molecular flexibility index (Phi) is 6.57. The van der Waals surface area contributed by atoms with Crippen LogP contribution in [0.3, 0.4) is 0 Å². The molecule has 2 fully saturated rings. The van der Waals surface area contributed by atoms with Gasteiger partial charge in [-0.1, -0.05) is 5.16 Å². The van der Waals surface area contributed by atoms with Crippen LogP contribution >= 0.6 is 0 Å². The van der Waals surface area contributed by atoms with Gasteiger partial charge >= 0.3 is 0 Å². The number of nitrogens with zero attached hydrogens (tertiary/aromatic N) is 4. The molecule has 0 N–H and O–H groups in total. The second kappa shape index (κ2) is 9.79. The Hall–Kier alpha value is -3.24. The summed E-state index contributed by atoms with van der Waals surface area (Å²) < 4.78 is 37.6. The van der Waals surface area contributed by atoms with E-state index in [4.69, 9.17) is 9.26 Å². The molecule has 10 heteroatoms. The van der Waals surface area contributed by atoms with Crippen molar-refractivity contribution < 1.29 is 22.5 Å². The maximum atomic E-state index is 12.8. The van der Waals surface area contributed by atoms with E-state index in [0.717, 1.165) is 31.4 Å². The monoisotopic (exact) mass is 496 g/mol. The number of carbonyl (C=O) groups is 1. The average molecular weight is 497 g/mol. The second-order valence-corrected chi connectivity index (χ2v) is 10.8. The van der Waals surface area contributed by atoms with E-state index < -0.39 is 10.0 Å². The lowest BCUT2D eigenvalue weighted by atomic mass is 9.95. The van der Waals surface area contributed by atoms with Gasteiger partial charge in [-0.2, -0.15) is 9.29 Å². The minimum absolute atomic E-state index is 0.00359. The van der Waals surface area contributed by atoms with E-state index in [1.54, 1.807) is 55.6 Å². The van der Waals surface area contributed by atoms with Crippen LogP contribution in [0.1, 0.15) is 47.8 Å². The summed E-state index contributed by atoms with van der Waals surface area (Å²) in [6.45, 7) is 2.37. The van der Waals surface area contributed by atoms with Crippen LogP contribution in [0.5, 0.6) is 5.75 Å². The van der Waals surface area contributed by atoms with Crippen LogP contribution in [0.15, 0.2) is 57.9 Å². The highest BCUT2D eigenvalue weighted by Crippen LogP contribution is 2.30. The number of aromatic nitrogens is 2. The lowest BCUT2D eigenvalue weighted by molar-refractivity contribution is 0.0710. The van der Waals surface area contributed by atoms with Crippen molar-refractivity contribution in [3.63, 3.8) is 0 Å². The summed E-state index contributed by atoms with van der Waals surface area (Å²) in [6, 6.07) is 13.7. The maximum absolute atomic E-state index is 12.8. The van der Waals surface area contributed by atoms with Crippen molar-refractivity contribution in [3.05, 3.63) is 59.9 Å². The maximum Gasteiger partial charge on any atom is 0.257 e. The number of rotatable bonds is 6. The Bertz CT molecular complexity index is 1270. The van der Waals surface area contributed by atoms with Crippen molar-refractivity contribution in [1.82, 2.24) is 19.3 Å².